The Balaban J connectivity index is 1.58. The van der Waals surface area contributed by atoms with E-state index in [9.17, 15) is 27.6 Å². The first kappa shape index (κ1) is 27.3. The lowest BCUT2D eigenvalue weighted by atomic mass is 9.89. The fraction of sp³-hybridized carbons (Fsp3) is 0.241. The summed E-state index contributed by atoms with van der Waals surface area (Å²) in [6, 6.07) is 17.2. The Morgan fingerprint density at radius 3 is 2.55 bits per heavy atom. The zero-order valence-electron chi connectivity index (χ0n) is 21.9. The van der Waals surface area contributed by atoms with Gasteiger partial charge in [0.05, 0.1) is 11.0 Å². The highest BCUT2D eigenvalue weighted by molar-refractivity contribution is 6.13. The van der Waals surface area contributed by atoms with E-state index in [-0.39, 0.29) is 45.3 Å². The number of benzene rings is 3. The number of halogens is 3. The van der Waals surface area contributed by atoms with Crippen LogP contribution in [0.2, 0.25) is 0 Å². The molecule has 1 unspecified atom stereocenters. The third-order valence-electron chi connectivity index (χ3n) is 7.55. The van der Waals surface area contributed by atoms with Crippen LogP contribution >= 0.6 is 0 Å². The number of aromatic nitrogens is 2. The number of hydrogen-bond donors (Lipinski definition) is 4. The largest absolute Gasteiger partial charge is 0.491 e. The van der Waals surface area contributed by atoms with E-state index in [0.29, 0.717) is 0 Å². The van der Waals surface area contributed by atoms with Gasteiger partial charge in [-0.2, -0.15) is 13.2 Å². The van der Waals surface area contributed by atoms with Gasteiger partial charge >= 0.3 is 18.2 Å². The number of esters is 1. The molecule has 1 atom stereocenters. The number of nitrogens with zero attached hydrogens (tertiary/aromatic N) is 2. The van der Waals surface area contributed by atoms with E-state index in [2.05, 4.69) is 20.6 Å². The molecule has 0 spiro atoms. The molecule has 2 amide bonds. The van der Waals surface area contributed by atoms with Crippen LogP contribution in [-0.4, -0.2) is 52.3 Å². The number of imidazole rings is 1. The predicted octanol–water partition coefficient (Wildman–Crippen LogP) is 5.09. The lowest BCUT2D eigenvalue weighted by Gasteiger charge is -2.39. The molecule has 2 aliphatic rings. The lowest BCUT2D eigenvalue weighted by molar-refractivity contribution is -0.211. The Morgan fingerprint density at radius 1 is 1.05 bits per heavy atom. The van der Waals surface area contributed by atoms with E-state index in [0.717, 1.165) is 36.4 Å². The fourth-order valence-electron chi connectivity index (χ4n) is 5.74. The molecular formula is C29H24F3N5O5. The minimum atomic E-state index is -5.37. The summed E-state index contributed by atoms with van der Waals surface area (Å²) in [5.74, 6) is -3.09. The molecule has 1 aromatic heterocycles. The van der Waals surface area contributed by atoms with Crippen LogP contribution in [0.5, 0.6) is 0 Å². The van der Waals surface area contributed by atoms with Crippen molar-refractivity contribution >= 4 is 40.6 Å². The topological polar surface area (TPSA) is 137 Å². The van der Waals surface area contributed by atoms with E-state index >= 15 is 0 Å². The van der Waals surface area contributed by atoms with E-state index in [1.165, 1.54) is 30.3 Å². The molecule has 42 heavy (non-hydrogen) atoms. The van der Waals surface area contributed by atoms with Gasteiger partial charge in [-0.1, -0.05) is 36.4 Å². The van der Waals surface area contributed by atoms with Gasteiger partial charge in [0, 0.05) is 22.4 Å². The van der Waals surface area contributed by atoms with E-state index < -0.39 is 29.9 Å². The van der Waals surface area contributed by atoms with Crippen molar-refractivity contribution in [2.24, 2.45) is 0 Å². The molecule has 0 bridgehead atoms. The Hall–Kier alpha value is -4.91. The molecule has 1 saturated heterocycles. The molecule has 0 radical (unpaired) electrons. The summed E-state index contributed by atoms with van der Waals surface area (Å²) in [7, 11) is 0. The summed E-state index contributed by atoms with van der Waals surface area (Å²) in [5, 5.41) is 14.5. The van der Waals surface area contributed by atoms with Gasteiger partial charge < -0.3 is 20.1 Å². The summed E-state index contributed by atoms with van der Waals surface area (Å²) in [5.41, 5.74) is -0.547. The number of H-pyrrole nitrogens is 1. The number of fused-ring (bicyclic) bond motifs is 2. The summed E-state index contributed by atoms with van der Waals surface area (Å²) >= 11 is 0. The first-order valence-electron chi connectivity index (χ1n) is 13.1. The highest BCUT2D eigenvalue weighted by Gasteiger charge is 2.58. The second kappa shape index (κ2) is 10.2. The molecule has 1 fully saturated rings. The van der Waals surface area contributed by atoms with Gasteiger partial charge in [-0.05, 0) is 67.7 Å². The SMILES string of the molecule is O=C(O)Nc1nc2ccc(C3(OC(=O)C(F)(F)F)c4ccccc4C(=O)N3c3cccc(C4CCNCC4)c3)cc2[nH]1. The van der Waals surface area contributed by atoms with Crippen molar-refractivity contribution in [2.45, 2.75) is 30.7 Å². The van der Waals surface area contributed by atoms with Gasteiger partial charge in [-0.25, -0.2) is 14.6 Å². The summed E-state index contributed by atoms with van der Waals surface area (Å²) in [6.45, 7) is 1.61. The normalized spacial score (nSPS) is 19.1. The first-order valence-corrected chi connectivity index (χ1v) is 13.1. The van der Waals surface area contributed by atoms with E-state index in [1.807, 2.05) is 6.07 Å². The standard InChI is InChI=1S/C29H24F3N5O5/c30-29(31,32)25(39)42-28(18-8-9-22-23(15-18)35-26(34-22)36-27(40)41)21-7-2-1-6-20(21)24(38)37(28)19-5-3-4-17(14-19)16-10-12-33-13-11-16/h1-9,14-16,33H,10-13H2,(H,40,41)(H2,34,35,36). The molecule has 6 rings (SSSR count). The maximum Gasteiger partial charge on any atom is 0.491 e. The van der Waals surface area contributed by atoms with Crippen molar-refractivity contribution in [3.63, 3.8) is 0 Å². The number of nitrogens with one attached hydrogen (secondary N) is 3. The van der Waals surface area contributed by atoms with Gasteiger partial charge in [0.25, 0.3) is 5.91 Å². The van der Waals surface area contributed by atoms with Crippen molar-refractivity contribution in [2.75, 3.05) is 23.3 Å². The molecule has 3 heterocycles. The van der Waals surface area contributed by atoms with Crippen LogP contribution in [0, 0.1) is 0 Å². The predicted molar refractivity (Wildman–Crippen MR) is 145 cm³/mol. The molecule has 216 valence electrons. The molecule has 4 N–H and O–H groups in total. The number of carboxylic acid groups (broad SMARTS) is 1. The molecule has 10 nitrogen and oxygen atoms in total. The number of amides is 2. The maximum atomic E-state index is 14.0. The van der Waals surface area contributed by atoms with Crippen LogP contribution in [0.4, 0.5) is 29.6 Å². The Kier molecular flexibility index (Phi) is 6.61. The highest BCUT2D eigenvalue weighted by atomic mass is 19.4. The first-order chi connectivity index (χ1) is 20.1. The molecule has 13 heteroatoms. The van der Waals surface area contributed by atoms with Gasteiger partial charge in [-0.15, -0.1) is 0 Å². The van der Waals surface area contributed by atoms with Crippen LogP contribution in [-0.2, 0) is 15.3 Å². The number of carbonyl (C=O) groups excluding carboxylic acids is 2. The number of anilines is 2. The third kappa shape index (κ3) is 4.61. The fourth-order valence-corrected chi connectivity index (χ4v) is 5.74. The molecular weight excluding hydrogens is 555 g/mol. The number of hydrogen-bond acceptors (Lipinski definition) is 6. The Morgan fingerprint density at radius 2 is 1.81 bits per heavy atom. The number of alkyl halides is 3. The minimum Gasteiger partial charge on any atom is -0.465 e. The quantitative estimate of drug-likeness (QED) is 0.242. The van der Waals surface area contributed by atoms with Crippen molar-refractivity contribution in [1.82, 2.24) is 15.3 Å². The average molecular weight is 580 g/mol. The number of ether oxygens (including phenoxy) is 1. The number of carbonyl (C=O) groups is 3. The molecule has 3 aromatic carbocycles. The van der Waals surface area contributed by atoms with Crippen LogP contribution in [0.1, 0.15) is 45.8 Å². The lowest BCUT2D eigenvalue weighted by Crippen LogP contribution is -2.50. The smallest absolute Gasteiger partial charge is 0.465 e. The highest BCUT2D eigenvalue weighted by Crippen LogP contribution is 2.49. The second-order valence-corrected chi connectivity index (χ2v) is 10.1. The van der Waals surface area contributed by atoms with Gasteiger partial charge in [0.15, 0.2) is 0 Å². The monoisotopic (exact) mass is 579 g/mol. The maximum absolute atomic E-state index is 14.0. The zero-order chi connectivity index (χ0) is 29.6. The summed E-state index contributed by atoms with van der Waals surface area (Å²) < 4.78 is 46.8. The van der Waals surface area contributed by atoms with E-state index in [4.69, 9.17) is 9.84 Å². The number of piperidine rings is 1. The summed E-state index contributed by atoms with van der Waals surface area (Å²) in [6.07, 6.45) is -5.06. The van der Waals surface area contributed by atoms with E-state index in [1.54, 1.807) is 30.3 Å². The molecule has 4 aromatic rings. The number of rotatable bonds is 5. The molecule has 0 aliphatic carbocycles. The molecule has 0 saturated carbocycles. The van der Waals surface area contributed by atoms with Crippen LogP contribution in [0.25, 0.3) is 11.0 Å². The Bertz CT molecular complexity index is 1720. The second-order valence-electron chi connectivity index (χ2n) is 10.1. The zero-order valence-corrected chi connectivity index (χ0v) is 21.9. The van der Waals surface area contributed by atoms with Crippen LogP contribution < -0.4 is 15.5 Å². The average Bonchev–Trinajstić information content (AvgIpc) is 3.48. The van der Waals surface area contributed by atoms with Crippen molar-refractivity contribution in [3.05, 3.63) is 89.0 Å². The number of aromatic amines is 1. The molecule has 2 aliphatic heterocycles. The van der Waals surface area contributed by atoms with Crippen molar-refractivity contribution < 1.29 is 37.4 Å². The Labute approximate surface area is 236 Å². The van der Waals surface area contributed by atoms with Crippen molar-refractivity contribution in [1.29, 1.82) is 0 Å². The van der Waals surface area contributed by atoms with Gasteiger partial charge in [-0.3, -0.25) is 15.0 Å². The third-order valence-corrected chi connectivity index (χ3v) is 7.55. The van der Waals surface area contributed by atoms with Gasteiger partial charge in [0.1, 0.15) is 0 Å². The van der Waals surface area contributed by atoms with Gasteiger partial charge in [0.2, 0.25) is 11.7 Å². The van der Waals surface area contributed by atoms with Crippen LogP contribution in [0.3, 0.4) is 0 Å². The van der Waals surface area contributed by atoms with Crippen LogP contribution in [0.15, 0.2) is 66.7 Å². The van der Waals surface area contributed by atoms with Crippen molar-refractivity contribution in [3.8, 4) is 0 Å². The minimum absolute atomic E-state index is 0.0173. The summed E-state index contributed by atoms with van der Waals surface area (Å²) in [4.78, 5) is 45.7.